The van der Waals surface area contributed by atoms with Gasteiger partial charge in [-0.25, -0.2) is 0 Å². The highest BCUT2D eigenvalue weighted by Gasteiger charge is 2.23. The number of likely N-dealkylation sites (tertiary alicyclic amines) is 1. The first kappa shape index (κ1) is 14.9. The van der Waals surface area contributed by atoms with E-state index in [1.165, 1.54) is 0 Å². The highest BCUT2D eigenvalue weighted by Crippen LogP contribution is 2.18. The molecule has 1 aliphatic heterocycles. The van der Waals surface area contributed by atoms with E-state index in [9.17, 15) is 4.79 Å². The van der Waals surface area contributed by atoms with Crippen molar-refractivity contribution in [1.29, 1.82) is 0 Å². The van der Waals surface area contributed by atoms with Crippen LogP contribution in [0.1, 0.15) is 26.7 Å². The zero-order valence-corrected chi connectivity index (χ0v) is 12.3. The van der Waals surface area contributed by atoms with Gasteiger partial charge < -0.3 is 15.0 Å². The van der Waals surface area contributed by atoms with E-state index in [1.807, 2.05) is 49.1 Å². The molecule has 1 aliphatic rings. The number of ether oxygens (including phenoxy) is 1. The van der Waals surface area contributed by atoms with Crippen molar-refractivity contribution in [3.05, 3.63) is 30.3 Å². The van der Waals surface area contributed by atoms with Crippen LogP contribution in [0.15, 0.2) is 30.3 Å². The number of hydrogen-bond donors (Lipinski definition) is 1. The van der Waals surface area contributed by atoms with Gasteiger partial charge in [-0.05, 0) is 12.1 Å². The summed E-state index contributed by atoms with van der Waals surface area (Å²) in [4.78, 5) is 13.9. The largest absolute Gasteiger partial charge is 0.490 e. The summed E-state index contributed by atoms with van der Waals surface area (Å²) in [6.07, 6.45) is 2.03. The maximum atomic E-state index is 12.0. The van der Waals surface area contributed by atoms with Gasteiger partial charge in [-0.15, -0.1) is 0 Å². The lowest BCUT2D eigenvalue weighted by Crippen LogP contribution is -2.46. The van der Waals surface area contributed by atoms with Gasteiger partial charge in [-0.3, -0.25) is 4.79 Å². The van der Waals surface area contributed by atoms with Gasteiger partial charge in [0.05, 0.1) is 6.54 Å². The number of amides is 1. The highest BCUT2D eigenvalue weighted by atomic mass is 16.5. The quantitative estimate of drug-likeness (QED) is 0.895. The fraction of sp³-hybridized carbons (Fsp3) is 0.562. The Morgan fingerprint density at radius 3 is 2.55 bits per heavy atom. The fourth-order valence-corrected chi connectivity index (χ4v) is 2.32. The molecule has 1 heterocycles. The predicted octanol–water partition coefficient (Wildman–Crippen LogP) is 2.05. The number of piperidine rings is 1. The third kappa shape index (κ3) is 4.53. The van der Waals surface area contributed by atoms with Gasteiger partial charge in [-0.2, -0.15) is 0 Å². The zero-order chi connectivity index (χ0) is 14.4. The second-order valence-electron chi connectivity index (χ2n) is 5.55. The van der Waals surface area contributed by atoms with E-state index in [4.69, 9.17) is 4.74 Å². The summed E-state index contributed by atoms with van der Waals surface area (Å²) < 4.78 is 5.93. The van der Waals surface area contributed by atoms with Crippen molar-refractivity contribution in [1.82, 2.24) is 10.2 Å². The van der Waals surface area contributed by atoms with E-state index in [0.29, 0.717) is 12.6 Å². The molecule has 0 radical (unpaired) electrons. The number of para-hydroxylation sites is 1. The molecule has 1 saturated heterocycles. The van der Waals surface area contributed by atoms with Gasteiger partial charge in [-0.1, -0.05) is 32.0 Å². The SMILES string of the molecule is CC(C)NCC(=O)N1CCC(Oc2ccccc2)CC1. The molecule has 1 aromatic rings. The summed E-state index contributed by atoms with van der Waals surface area (Å²) in [5, 5.41) is 3.17. The molecule has 1 N–H and O–H groups in total. The minimum atomic E-state index is 0.192. The molecule has 2 rings (SSSR count). The molecule has 4 nitrogen and oxygen atoms in total. The topological polar surface area (TPSA) is 41.6 Å². The van der Waals surface area contributed by atoms with Gasteiger partial charge in [0.25, 0.3) is 0 Å². The summed E-state index contributed by atoms with van der Waals surface area (Å²) >= 11 is 0. The minimum absolute atomic E-state index is 0.192. The third-order valence-corrected chi connectivity index (χ3v) is 3.50. The second-order valence-corrected chi connectivity index (χ2v) is 5.55. The van der Waals surface area contributed by atoms with Crippen LogP contribution in [0.25, 0.3) is 0 Å². The Morgan fingerprint density at radius 1 is 1.30 bits per heavy atom. The second kappa shape index (κ2) is 7.29. The van der Waals surface area contributed by atoms with E-state index in [1.54, 1.807) is 0 Å². The molecule has 0 aromatic heterocycles. The van der Waals surface area contributed by atoms with Gasteiger partial charge >= 0.3 is 0 Å². The Kier molecular flexibility index (Phi) is 5.41. The smallest absolute Gasteiger partial charge is 0.236 e. The molecule has 0 spiro atoms. The first-order valence-corrected chi connectivity index (χ1v) is 7.38. The number of hydrogen-bond acceptors (Lipinski definition) is 3. The molecule has 0 saturated carbocycles. The molecular formula is C16H24N2O2. The first-order chi connectivity index (χ1) is 9.65. The number of carbonyl (C=O) groups is 1. The molecule has 0 unspecified atom stereocenters. The van der Waals surface area contributed by atoms with Gasteiger partial charge in [0.1, 0.15) is 11.9 Å². The monoisotopic (exact) mass is 276 g/mol. The number of nitrogens with one attached hydrogen (secondary N) is 1. The lowest BCUT2D eigenvalue weighted by molar-refractivity contribution is -0.132. The minimum Gasteiger partial charge on any atom is -0.490 e. The molecule has 0 bridgehead atoms. The molecule has 1 aromatic carbocycles. The van der Waals surface area contributed by atoms with Crippen LogP contribution in [-0.4, -0.2) is 42.6 Å². The summed E-state index contributed by atoms with van der Waals surface area (Å²) in [6, 6.07) is 10.2. The van der Waals surface area contributed by atoms with Crippen LogP contribution in [-0.2, 0) is 4.79 Å². The Balaban J connectivity index is 1.73. The Hall–Kier alpha value is -1.55. The lowest BCUT2D eigenvalue weighted by atomic mass is 10.1. The summed E-state index contributed by atoms with van der Waals surface area (Å²) in [7, 11) is 0. The Morgan fingerprint density at radius 2 is 1.95 bits per heavy atom. The number of nitrogens with zero attached hydrogens (tertiary/aromatic N) is 1. The first-order valence-electron chi connectivity index (χ1n) is 7.38. The van der Waals surface area contributed by atoms with Crippen molar-refractivity contribution in [2.75, 3.05) is 19.6 Å². The van der Waals surface area contributed by atoms with Crippen LogP contribution in [0.2, 0.25) is 0 Å². The number of benzene rings is 1. The molecule has 1 amide bonds. The van der Waals surface area contributed by atoms with Crippen molar-refractivity contribution >= 4 is 5.91 Å². The fourth-order valence-electron chi connectivity index (χ4n) is 2.32. The van der Waals surface area contributed by atoms with Crippen LogP contribution < -0.4 is 10.1 Å². The Labute approximate surface area is 121 Å². The van der Waals surface area contributed by atoms with E-state index < -0.39 is 0 Å². The molecule has 0 aliphatic carbocycles. The molecule has 1 fully saturated rings. The highest BCUT2D eigenvalue weighted by molar-refractivity contribution is 5.78. The average Bonchev–Trinajstić information content (AvgIpc) is 2.46. The summed E-state index contributed by atoms with van der Waals surface area (Å²) in [5.74, 6) is 1.11. The van der Waals surface area contributed by atoms with Crippen LogP contribution in [0.3, 0.4) is 0 Å². The van der Waals surface area contributed by atoms with Crippen molar-refractivity contribution in [3.63, 3.8) is 0 Å². The summed E-state index contributed by atoms with van der Waals surface area (Å²) in [5.41, 5.74) is 0. The van der Waals surface area contributed by atoms with Gasteiger partial charge in [0.2, 0.25) is 5.91 Å². The van der Waals surface area contributed by atoms with Gasteiger partial charge in [0, 0.05) is 32.0 Å². The molecule has 110 valence electrons. The average molecular weight is 276 g/mol. The standard InChI is InChI=1S/C16H24N2O2/c1-13(2)17-12-16(19)18-10-8-15(9-11-18)20-14-6-4-3-5-7-14/h3-7,13,15,17H,8-12H2,1-2H3. The maximum Gasteiger partial charge on any atom is 0.236 e. The van der Waals surface area contributed by atoms with Crippen molar-refractivity contribution in [2.45, 2.75) is 38.8 Å². The van der Waals surface area contributed by atoms with E-state index >= 15 is 0 Å². The third-order valence-electron chi connectivity index (χ3n) is 3.50. The maximum absolute atomic E-state index is 12.0. The number of carbonyl (C=O) groups excluding carboxylic acids is 1. The van der Waals surface area contributed by atoms with E-state index in [-0.39, 0.29) is 12.0 Å². The number of rotatable bonds is 5. The lowest BCUT2D eigenvalue weighted by Gasteiger charge is -2.32. The molecular weight excluding hydrogens is 252 g/mol. The van der Waals surface area contributed by atoms with Crippen LogP contribution in [0.4, 0.5) is 0 Å². The van der Waals surface area contributed by atoms with Crippen LogP contribution in [0.5, 0.6) is 5.75 Å². The van der Waals surface area contributed by atoms with Crippen molar-refractivity contribution in [3.8, 4) is 5.75 Å². The molecule has 20 heavy (non-hydrogen) atoms. The van der Waals surface area contributed by atoms with Crippen LogP contribution >= 0.6 is 0 Å². The van der Waals surface area contributed by atoms with Crippen LogP contribution in [0, 0.1) is 0 Å². The molecule has 4 heteroatoms. The Bertz CT molecular complexity index is 412. The predicted molar refractivity (Wildman–Crippen MR) is 79.8 cm³/mol. The van der Waals surface area contributed by atoms with E-state index in [0.717, 1.165) is 31.7 Å². The normalized spacial score (nSPS) is 16.4. The summed E-state index contributed by atoms with van der Waals surface area (Å²) in [6.45, 7) is 6.11. The van der Waals surface area contributed by atoms with Crippen molar-refractivity contribution < 1.29 is 9.53 Å². The zero-order valence-electron chi connectivity index (χ0n) is 12.3. The van der Waals surface area contributed by atoms with Gasteiger partial charge in [0.15, 0.2) is 0 Å². The molecule has 0 atom stereocenters. The van der Waals surface area contributed by atoms with E-state index in [2.05, 4.69) is 5.32 Å². The van der Waals surface area contributed by atoms with Crippen molar-refractivity contribution in [2.24, 2.45) is 0 Å².